The van der Waals surface area contributed by atoms with Crippen LogP contribution < -0.4 is 10.0 Å². The number of rotatable bonds is 8. The number of hydrogen-bond donors (Lipinski definition) is 3. The molecule has 1 saturated heterocycles. The molecule has 3 rings (SSSR count). The number of sulfonamides is 1. The highest BCUT2D eigenvalue weighted by Gasteiger charge is 2.23. The fraction of sp³-hybridized carbons (Fsp3) is 0.350. The quantitative estimate of drug-likeness (QED) is 0.586. The SMILES string of the molecule is O=C(NCC(O)c1ccccc1)c1ccc(Cl)c(S(=O)(=O)NCC2CCCO2)c1. The first kappa shape index (κ1) is 21.7. The highest BCUT2D eigenvalue weighted by Crippen LogP contribution is 2.23. The minimum absolute atomic E-state index is 0.00910. The van der Waals surface area contributed by atoms with Crippen molar-refractivity contribution in [3.05, 3.63) is 64.7 Å². The maximum atomic E-state index is 12.6. The lowest BCUT2D eigenvalue weighted by Crippen LogP contribution is -2.32. The Labute approximate surface area is 175 Å². The van der Waals surface area contributed by atoms with Crippen LogP contribution in [0.15, 0.2) is 53.4 Å². The molecule has 2 aromatic rings. The lowest BCUT2D eigenvalue weighted by atomic mass is 10.1. The molecule has 1 aliphatic heterocycles. The molecular weight excluding hydrogens is 416 g/mol. The van der Waals surface area contributed by atoms with Crippen molar-refractivity contribution in [2.45, 2.75) is 29.9 Å². The molecule has 2 atom stereocenters. The van der Waals surface area contributed by atoms with Gasteiger partial charge in [-0.15, -0.1) is 0 Å². The van der Waals surface area contributed by atoms with Crippen LogP contribution in [0.25, 0.3) is 0 Å². The van der Waals surface area contributed by atoms with Crippen molar-refractivity contribution in [1.82, 2.24) is 10.0 Å². The van der Waals surface area contributed by atoms with E-state index in [0.717, 1.165) is 12.8 Å². The predicted octanol–water partition coefficient (Wildman–Crippen LogP) is 2.26. The molecule has 0 spiro atoms. The third kappa shape index (κ3) is 5.77. The van der Waals surface area contributed by atoms with E-state index < -0.39 is 22.0 Å². The Morgan fingerprint density at radius 1 is 1.24 bits per heavy atom. The normalized spacial score (nSPS) is 17.8. The van der Waals surface area contributed by atoms with Crippen molar-refractivity contribution in [1.29, 1.82) is 0 Å². The topological polar surface area (TPSA) is 105 Å². The third-order valence-electron chi connectivity index (χ3n) is 4.65. The summed E-state index contributed by atoms with van der Waals surface area (Å²) in [5, 5.41) is 12.8. The van der Waals surface area contributed by atoms with Gasteiger partial charge in [-0.05, 0) is 36.6 Å². The van der Waals surface area contributed by atoms with Crippen LogP contribution in [0.2, 0.25) is 5.02 Å². The minimum Gasteiger partial charge on any atom is -0.387 e. The van der Waals surface area contributed by atoms with E-state index in [9.17, 15) is 18.3 Å². The smallest absolute Gasteiger partial charge is 0.251 e. The number of nitrogens with one attached hydrogen (secondary N) is 2. The summed E-state index contributed by atoms with van der Waals surface area (Å²) in [7, 11) is -3.90. The highest BCUT2D eigenvalue weighted by molar-refractivity contribution is 7.89. The van der Waals surface area contributed by atoms with Crippen molar-refractivity contribution in [3.63, 3.8) is 0 Å². The fourth-order valence-electron chi connectivity index (χ4n) is 3.02. The molecule has 2 aromatic carbocycles. The lowest BCUT2D eigenvalue weighted by molar-refractivity contribution is 0.0916. The van der Waals surface area contributed by atoms with Crippen LogP contribution in [0, 0.1) is 0 Å². The van der Waals surface area contributed by atoms with Crippen molar-refractivity contribution in [2.24, 2.45) is 0 Å². The average molecular weight is 439 g/mol. The Balaban J connectivity index is 1.66. The van der Waals surface area contributed by atoms with Gasteiger partial charge in [0.15, 0.2) is 0 Å². The van der Waals surface area contributed by atoms with E-state index in [1.165, 1.54) is 18.2 Å². The van der Waals surface area contributed by atoms with Crippen LogP contribution in [0.4, 0.5) is 0 Å². The maximum absolute atomic E-state index is 12.6. The molecular formula is C20H23ClN2O5S. The van der Waals surface area contributed by atoms with Crippen molar-refractivity contribution in [2.75, 3.05) is 19.7 Å². The number of ether oxygens (including phenoxy) is 1. The van der Waals surface area contributed by atoms with Gasteiger partial charge in [-0.1, -0.05) is 41.9 Å². The zero-order valence-corrected chi connectivity index (χ0v) is 17.2. The van der Waals surface area contributed by atoms with E-state index in [-0.39, 0.29) is 34.7 Å². The van der Waals surface area contributed by atoms with Crippen LogP contribution in [0.1, 0.15) is 34.9 Å². The van der Waals surface area contributed by atoms with Gasteiger partial charge in [0.2, 0.25) is 10.0 Å². The lowest BCUT2D eigenvalue weighted by Gasteiger charge is -2.14. The molecule has 0 aliphatic carbocycles. The number of carbonyl (C=O) groups is 1. The predicted molar refractivity (Wildman–Crippen MR) is 109 cm³/mol. The van der Waals surface area contributed by atoms with Gasteiger partial charge in [0.25, 0.3) is 5.91 Å². The zero-order chi connectivity index (χ0) is 20.9. The van der Waals surface area contributed by atoms with Crippen LogP contribution in [-0.4, -0.2) is 45.2 Å². The van der Waals surface area contributed by atoms with E-state index in [1.54, 1.807) is 24.3 Å². The summed E-state index contributed by atoms with van der Waals surface area (Å²) >= 11 is 6.07. The first-order valence-corrected chi connectivity index (χ1v) is 11.1. The Hall–Kier alpha value is -1.97. The van der Waals surface area contributed by atoms with Gasteiger partial charge in [0.1, 0.15) is 4.90 Å². The molecule has 156 valence electrons. The molecule has 29 heavy (non-hydrogen) atoms. The summed E-state index contributed by atoms with van der Waals surface area (Å²) in [6.07, 6.45) is 0.665. The van der Waals surface area contributed by atoms with E-state index in [0.29, 0.717) is 12.2 Å². The van der Waals surface area contributed by atoms with Gasteiger partial charge >= 0.3 is 0 Å². The molecule has 9 heteroatoms. The highest BCUT2D eigenvalue weighted by atomic mass is 35.5. The van der Waals surface area contributed by atoms with Gasteiger partial charge in [-0.2, -0.15) is 0 Å². The van der Waals surface area contributed by atoms with Gasteiger partial charge in [-0.3, -0.25) is 4.79 Å². The summed E-state index contributed by atoms with van der Waals surface area (Å²) in [4.78, 5) is 12.3. The van der Waals surface area contributed by atoms with Crippen LogP contribution >= 0.6 is 11.6 Å². The number of carbonyl (C=O) groups excluding carboxylic acids is 1. The molecule has 1 fully saturated rings. The van der Waals surface area contributed by atoms with Crippen LogP contribution in [-0.2, 0) is 14.8 Å². The Morgan fingerprint density at radius 3 is 2.69 bits per heavy atom. The summed E-state index contributed by atoms with van der Waals surface area (Å²) in [6, 6.07) is 13.0. The number of hydrogen-bond acceptors (Lipinski definition) is 5. The second-order valence-corrected chi connectivity index (χ2v) is 8.91. The molecule has 0 aromatic heterocycles. The first-order valence-electron chi connectivity index (χ1n) is 9.29. The Kier molecular flexibility index (Phi) is 7.26. The zero-order valence-electron chi connectivity index (χ0n) is 15.7. The average Bonchev–Trinajstić information content (AvgIpc) is 3.25. The summed E-state index contributed by atoms with van der Waals surface area (Å²) in [5.41, 5.74) is 0.803. The number of amides is 1. The molecule has 0 saturated carbocycles. The van der Waals surface area contributed by atoms with E-state index in [1.807, 2.05) is 6.07 Å². The monoisotopic (exact) mass is 438 g/mol. The number of benzene rings is 2. The fourth-order valence-corrected chi connectivity index (χ4v) is 4.61. The molecule has 1 heterocycles. The molecule has 0 bridgehead atoms. The minimum atomic E-state index is -3.90. The summed E-state index contributed by atoms with van der Waals surface area (Å²) < 4.78 is 33.1. The van der Waals surface area contributed by atoms with Crippen molar-refractivity contribution >= 4 is 27.5 Å². The summed E-state index contributed by atoms with van der Waals surface area (Å²) in [5.74, 6) is -0.507. The number of aliphatic hydroxyl groups is 1. The molecule has 0 radical (unpaired) electrons. The van der Waals surface area contributed by atoms with Gasteiger partial charge in [-0.25, -0.2) is 13.1 Å². The molecule has 7 nitrogen and oxygen atoms in total. The number of halogens is 1. The van der Waals surface area contributed by atoms with E-state index >= 15 is 0 Å². The standard InChI is InChI=1S/C20H23ClN2O5S/c21-17-9-8-15(20(25)22-13-18(24)14-5-2-1-3-6-14)11-19(17)29(26,27)23-12-16-7-4-10-28-16/h1-3,5-6,8-9,11,16,18,23-24H,4,7,10,12-13H2,(H,22,25). The van der Waals surface area contributed by atoms with Crippen LogP contribution in [0.3, 0.4) is 0 Å². The van der Waals surface area contributed by atoms with Gasteiger partial charge in [0, 0.05) is 25.3 Å². The maximum Gasteiger partial charge on any atom is 0.251 e. The van der Waals surface area contributed by atoms with Crippen molar-refractivity contribution in [3.8, 4) is 0 Å². The van der Waals surface area contributed by atoms with Gasteiger partial charge < -0.3 is 15.2 Å². The Morgan fingerprint density at radius 2 is 2.00 bits per heavy atom. The molecule has 1 amide bonds. The van der Waals surface area contributed by atoms with Crippen molar-refractivity contribution < 1.29 is 23.1 Å². The van der Waals surface area contributed by atoms with Crippen LogP contribution in [0.5, 0.6) is 0 Å². The Bertz CT molecular complexity index is 947. The number of aliphatic hydroxyl groups excluding tert-OH is 1. The van der Waals surface area contributed by atoms with Gasteiger partial charge in [0.05, 0.1) is 17.2 Å². The largest absolute Gasteiger partial charge is 0.387 e. The molecule has 2 unspecified atom stereocenters. The third-order valence-corrected chi connectivity index (χ3v) is 6.55. The summed E-state index contributed by atoms with van der Waals surface area (Å²) in [6.45, 7) is 0.765. The van der Waals surface area contributed by atoms with E-state index in [4.69, 9.17) is 16.3 Å². The molecule has 1 aliphatic rings. The molecule has 3 N–H and O–H groups in total. The second kappa shape index (κ2) is 9.69. The second-order valence-electron chi connectivity index (χ2n) is 6.77. The van der Waals surface area contributed by atoms with E-state index in [2.05, 4.69) is 10.0 Å². The first-order chi connectivity index (χ1) is 13.9.